The maximum atomic E-state index is 10.5. The minimum atomic E-state index is -0.633. The molecule has 9 heavy (non-hydrogen) atoms. The van der Waals surface area contributed by atoms with E-state index < -0.39 is 10.8 Å². The van der Waals surface area contributed by atoms with Gasteiger partial charge in [0.05, 0.1) is 0 Å². The maximum absolute atomic E-state index is 10.5. The maximum Gasteiger partial charge on any atom is 0.0322 e. The summed E-state index contributed by atoms with van der Waals surface area (Å²) >= 11 is 7.18. The van der Waals surface area contributed by atoms with Gasteiger partial charge in [0.1, 0.15) is 0 Å². The van der Waals surface area contributed by atoms with E-state index in [-0.39, 0.29) is 0 Å². The van der Waals surface area contributed by atoms with Gasteiger partial charge in [-0.15, -0.1) is 11.6 Å². The first kappa shape index (κ1) is 9.79. The van der Waals surface area contributed by atoms with E-state index in [1.54, 1.807) is 18.0 Å². The Morgan fingerprint density at radius 1 is 1.56 bits per heavy atom. The van der Waals surface area contributed by atoms with E-state index in [2.05, 4.69) is 0 Å². The van der Waals surface area contributed by atoms with Gasteiger partial charge in [-0.3, -0.25) is 4.21 Å². The first-order chi connectivity index (χ1) is 4.27. The zero-order chi connectivity index (χ0) is 7.11. The van der Waals surface area contributed by atoms with Crippen molar-refractivity contribution < 1.29 is 4.21 Å². The molecule has 0 heterocycles. The van der Waals surface area contributed by atoms with Crippen molar-refractivity contribution in [1.82, 2.24) is 0 Å². The highest BCUT2D eigenvalue weighted by atomic mass is 35.5. The van der Waals surface area contributed by atoms with Crippen molar-refractivity contribution in [3.8, 4) is 0 Å². The molecule has 1 atom stereocenters. The molecule has 0 aromatic carbocycles. The van der Waals surface area contributed by atoms with Gasteiger partial charge in [-0.1, -0.05) is 0 Å². The molecule has 0 aromatic rings. The van der Waals surface area contributed by atoms with Crippen LogP contribution in [0.3, 0.4) is 0 Å². The largest absolute Gasteiger partial charge is 0.260 e. The van der Waals surface area contributed by atoms with Crippen LogP contribution in [0.25, 0.3) is 0 Å². The number of hydrogen-bond acceptors (Lipinski definition) is 2. The highest BCUT2D eigenvalue weighted by Gasteiger charge is 1.90. The normalized spacial score (nSPS) is 13.6. The smallest absolute Gasteiger partial charge is 0.0322 e. The molecule has 0 fully saturated rings. The Labute approximate surface area is 68.0 Å². The lowest BCUT2D eigenvalue weighted by molar-refractivity contribution is 0.687. The van der Waals surface area contributed by atoms with Gasteiger partial charge in [0.25, 0.3) is 0 Å². The Kier molecular flexibility index (Phi) is 7.51. The van der Waals surface area contributed by atoms with E-state index in [1.807, 2.05) is 0 Å². The molecule has 0 N–H and O–H groups in total. The number of hydrogen-bond donors (Lipinski definition) is 0. The van der Waals surface area contributed by atoms with Crippen molar-refractivity contribution >= 4 is 34.2 Å². The fourth-order valence-electron chi connectivity index (χ4n) is 0.333. The lowest BCUT2D eigenvalue weighted by Gasteiger charge is -1.94. The van der Waals surface area contributed by atoms with E-state index in [1.165, 1.54) is 0 Å². The minimum Gasteiger partial charge on any atom is -0.260 e. The fourth-order valence-corrected chi connectivity index (χ4v) is 2.38. The standard InChI is InChI=1S/C5H11ClOS2/c1-9(7)5-4-8-3-2-6/h2-5H2,1H3. The molecule has 0 amide bonds. The summed E-state index contributed by atoms with van der Waals surface area (Å²) in [4.78, 5) is 0. The molecule has 0 saturated carbocycles. The highest BCUT2D eigenvalue weighted by molar-refractivity contribution is 8.00. The molecular weight excluding hydrogens is 176 g/mol. The fraction of sp³-hybridized carbons (Fsp3) is 1.00. The monoisotopic (exact) mass is 186 g/mol. The summed E-state index contributed by atoms with van der Waals surface area (Å²) in [7, 11) is -0.633. The topological polar surface area (TPSA) is 17.1 Å². The molecule has 1 nitrogen and oxygen atoms in total. The van der Waals surface area contributed by atoms with Gasteiger partial charge in [-0.05, 0) is 0 Å². The van der Waals surface area contributed by atoms with Crippen LogP contribution in [0, 0.1) is 0 Å². The SMILES string of the molecule is CS(=O)CCSCCCl. The Morgan fingerprint density at radius 2 is 2.22 bits per heavy atom. The van der Waals surface area contributed by atoms with Crippen LogP contribution in [0.15, 0.2) is 0 Å². The van der Waals surface area contributed by atoms with E-state index >= 15 is 0 Å². The van der Waals surface area contributed by atoms with Gasteiger partial charge in [-0.25, -0.2) is 0 Å². The van der Waals surface area contributed by atoms with Crippen LogP contribution >= 0.6 is 23.4 Å². The lowest BCUT2D eigenvalue weighted by Crippen LogP contribution is -1.97. The Hall–Kier alpha value is 0.790. The summed E-state index contributed by atoms with van der Waals surface area (Å²) in [6.07, 6.45) is 1.72. The Morgan fingerprint density at radius 3 is 2.67 bits per heavy atom. The molecule has 0 rings (SSSR count). The average Bonchev–Trinajstić information content (AvgIpc) is 1.80. The number of thioether (sulfide) groups is 1. The number of halogens is 1. The predicted octanol–water partition coefficient (Wildman–Crippen LogP) is 1.34. The molecule has 0 aromatic heterocycles. The van der Waals surface area contributed by atoms with Crippen molar-refractivity contribution in [1.29, 1.82) is 0 Å². The van der Waals surface area contributed by atoms with Gasteiger partial charge in [0, 0.05) is 40.2 Å². The average molecular weight is 187 g/mol. The zero-order valence-corrected chi connectivity index (χ0v) is 7.82. The second kappa shape index (κ2) is 6.90. The predicted molar refractivity (Wildman–Crippen MR) is 47.0 cm³/mol. The summed E-state index contributed by atoms with van der Waals surface area (Å²) in [5, 5.41) is 0. The van der Waals surface area contributed by atoms with Crippen LogP contribution in [0.2, 0.25) is 0 Å². The van der Waals surface area contributed by atoms with E-state index in [0.29, 0.717) is 5.88 Å². The molecule has 1 unspecified atom stereocenters. The molecule has 0 aliphatic carbocycles. The van der Waals surface area contributed by atoms with Crippen LogP contribution < -0.4 is 0 Å². The van der Waals surface area contributed by atoms with Crippen molar-refractivity contribution in [2.45, 2.75) is 0 Å². The minimum absolute atomic E-state index is 0.633. The van der Waals surface area contributed by atoms with E-state index in [9.17, 15) is 4.21 Å². The lowest BCUT2D eigenvalue weighted by atomic mass is 10.9. The van der Waals surface area contributed by atoms with Crippen LogP contribution in [0.1, 0.15) is 0 Å². The molecular formula is C5H11ClOS2. The summed E-state index contributed by atoms with van der Waals surface area (Å²) in [5.74, 6) is 3.43. The Bertz CT molecular complexity index is 87.0. The summed E-state index contributed by atoms with van der Waals surface area (Å²) in [6, 6.07) is 0. The molecule has 0 aliphatic rings. The van der Waals surface area contributed by atoms with Crippen LogP contribution in [0.5, 0.6) is 0 Å². The van der Waals surface area contributed by atoms with Crippen LogP contribution in [-0.2, 0) is 10.8 Å². The van der Waals surface area contributed by atoms with Gasteiger partial charge in [0.15, 0.2) is 0 Å². The number of rotatable bonds is 5. The summed E-state index contributed by atoms with van der Waals surface area (Å²) < 4.78 is 10.5. The van der Waals surface area contributed by atoms with Crippen molar-refractivity contribution in [3.63, 3.8) is 0 Å². The van der Waals surface area contributed by atoms with Crippen molar-refractivity contribution in [2.24, 2.45) is 0 Å². The third-order valence-electron chi connectivity index (χ3n) is 0.737. The van der Waals surface area contributed by atoms with Crippen LogP contribution in [-0.4, -0.2) is 33.6 Å². The summed E-state index contributed by atoms with van der Waals surface area (Å²) in [5.41, 5.74) is 0. The van der Waals surface area contributed by atoms with Crippen molar-refractivity contribution in [2.75, 3.05) is 29.4 Å². The molecule has 4 heteroatoms. The van der Waals surface area contributed by atoms with Gasteiger partial charge in [-0.2, -0.15) is 11.8 Å². The van der Waals surface area contributed by atoms with Gasteiger partial charge >= 0.3 is 0 Å². The van der Waals surface area contributed by atoms with Gasteiger partial charge < -0.3 is 0 Å². The van der Waals surface area contributed by atoms with Crippen LogP contribution in [0.4, 0.5) is 0 Å². The zero-order valence-electron chi connectivity index (χ0n) is 5.43. The molecule has 0 aliphatic heterocycles. The summed E-state index contributed by atoms with van der Waals surface area (Å²) in [6.45, 7) is 0. The highest BCUT2D eigenvalue weighted by Crippen LogP contribution is 1.99. The van der Waals surface area contributed by atoms with Crippen molar-refractivity contribution in [3.05, 3.63) is 0 Å². The first-order valence-electron chi connectivity index (χ1n) is 2.71. The Balaban J connectivity index is 2.83. The first-order valence-corrected chi connectivity index (χ1v) is 6.12. The van der Waals surface area contributed by atoms with E-state index in [4.69, 9.17) is 11.6 Å². The molecule has 0 saturated heterocycles. The third-order valence-corrected chi connectivity index (χ3v) is 3.17. The molecule has 0 radical (unpaired) electrons. The van der Waals surface area contributed by atoms with Gasteiger partial charge in [0.2, 0.25) is 0 Å². The molecule has 0 bridgehead atoms. The van der Waals surface area contributed by atoms with E-state index in [0.717, 1.165) is 17.3 Å². The molecule has 56 valence electrons. The second-order valence-corrected chi connectivity index (χ2v) is 4.74. The quantitative estimate of drug-likeness (QED) is 0.476. The third kappa shape index (κ3) is 8.79. The molecule has 0 spiro atoms. The number of alkyl halides is 1. The second-order valence-electron chi connectivity index (χ2n) is 1.58.